The Morgan fingerprint density at radius 3 is 2.36 bits per heavy atom. The van der Waals surface area contributed by atoms with Crippen LogP contribution in [0.4, 0.5) is 0 Å². The molecule has 0 amide bonds. The molecule has 0 bridgehead atoms. The van der Waals surface area contributed by atoms with Gasteiger partial charge in [0.2, 0.25) is 6.79 Å². The van der Waals surface area contributed by atoms with Crippen molar-refractivity contribution in [3.8, 4) is 11.5 Å². The molecule has 2 aromatic carbocycles. The summed E-state index contributed by atoms with van der Waals surface area (Å²) < 4.78 is 10.5. The van der Waals surface area contributed by atoms with E-state index in [1.54, 1.807) is 42.5 Å². The second-order valence-corrected chi connectivity index (χ2v) is 5.41. The van der Waals surface area contributed by atoms with Crippen LogP contribution in [0.1, 0.15) is 26.3 Å². The second-order valence-electron chi connectivity index (χ2n) is 5.00. The van der Waals surface area contributed by atoms with Crippen LogP contribution in [0.2, 0.25) is 5.02 Å². The largest absolute Gasteiger partial charge is 0.454 e. The monoisotopic (exact) mass is 312 g/mol. The summed E-state index contributed by atoms with van der Waals surface area (Å²) in [5.41, 5.74) is 1.63. The highest BCUT2D eigenvalue weighted by Crippen LogP contribution is 2.40. The number of hydrogen-bond acceptors (Lipinski definition) is 4. The molecule has 0 aromatic heterocycles. The lowest BCUT2D eigenvalue weighted by molar-refractivity contribution is 0.0990. The van der Waals surface area contributed by atoms with Crippen molar-refractivity contribution in [3.63, 3.8) is 0 Å². The molecular formula is C17H9ClO4. The van der Waals surface area contributed by atoms with Gasteiger partial charge in [0.05, 0.1) is 10.6 Å². The van der Waals surface area contributed by atoms with Gasteiger partial charge in [-0.25, -0.2) is 0 Å². The van der Waals surface area contributed by atoms with E-state index >= 15 is 0 Å². The molecule has 0 atom stereocenters. The van der Waals surface area contributed by atoms with Crippen LogP contribution >= 0.6 is 11.6 Å². The van der Waals surface area contributed by atoms with Gasteiger partial charge in [-0.15, -0.1) is 0 Å². The maximum Gasteiger partial charge on any atom is 0.231 e. The van der Waals surface area contributed by atoms with E-state index in [2.05, 4.69) is 0 Å². The van der Waals surface area contributed by atoms with Crippen LogP contribution in [0.5, 0.6) is 11.5 Å². The summed E-state index contributed by atoms with van der Waals surface area (Å²) in [4.78, 5) is 24.7. The second kappa shape index (κ2) is 4.71. The summed E-state index contributed by atoms with van der Waals surface area (Å²) in [5.74, 6) is 0.453. The summed E-state index contributed by atoms with van der Waals surface area (Å²) in [6.45, 7) is 0.110. The van der Waals surface area contributed by atoms with Gasteiger partial charge in [0.25, 0.3) is 0 Å². The predicted octanol–water partition coefficient (Wildman–Crippen LogP) is 3.53. The quantitative estimate of drug-likeness (QED) is 0.597. The lowest BCUT2D eigenvalue weighted by Crippen LogP contribution is -2.00. The first kappa shape index (κ1) is 13.1. The molecule has 0 saturated carbocycles. The Morgan fingerprint density at radius 2 is 1.68 bits per heavy atom. The summed E-state index contributed by atoms with van der Waals surface area (Å²) in [6, 6.07) is 10.1. The summed E-state index contributed by atoms with van der Waals surface area (Å²) in [6.07, 6.45) is 1.54. The summed E-state index contributed by atoms with van der Waals surface area (Å²) in [5, 5.41) is 0.386. The number of carbonyl (C=O) groups is 2. The van der Waals surface area contributed by atoms with Crippen LogP contribution in [0.25, 0.3) is 6.08 Å². The summed E-state index contributed by atoms with van der Waals surface area (Å²) >= 11 is 6.12. The van der Waals surface area contributed by atoms with Gasteiger partial charge in [-0.05, 0) is 23.8 Å². The number of allylic oxidation sites excluding steroid dienone is 1. The Hall–Kier alpha value is -2.59. The van der Waals surface area contributed by atoms with Crippen LogP contribution in [0, 0.1) is 0 Å². The number of carbonyl (C=O) groups excluding carboxylic acids is 2. The van der Waals surface area contributed by atoms with Crippen LogP contribution in [-0.4, -0.2) is 18.4 Å². The lowest BCUT2D eigenvalue weighted by atomic mass is 10.1. The van der Waals surface area contributed by atoms with Crippen molar-refractivity contribution in [1.29, 1.82) is 0 Å². The van der Waals surface area contributed by atoms with E-state index in [0.29, 0.717) is 33.2 Å². The lowest BCUT2D eigenvalue weighted by Gasteiger charge is -2.02. The van der Waals surface area contributed by atoms with Crippen molar-refractivity contribution in [1.82, 2.24) is 0 Å². The molecule has 1 aliphatic carbocycles. The molecule has 2 aromatic rings. The molecule has 2 aliphatic rings. The smallest absolute Gasteiger partial charge is 0.231 e. The van der Waals surface area contributed by atoms with Gasteiger partial charge in [-0.1, -0.05) is 35.9 Å². The third-order valence-electron chi connectivity index (χ3n) is 3.67. The van der Waals surface area contributed by atoms with Gasteiger partial charge < -0.3 is 9.47 Å². The van der Waals surface area contributed by atoms with E-state index in [1.807, 2.05) is 0 Å². The third-order valence-corrected chi connectivity index (χ3v) is 3.95. The SMILES string of the molecule is O=C1C(=Cc2cc(Cl)c3c(c2)OCO3)C(=O)c2ccccc21. The Balaban J connectivity index is 1.81. The van der Waals surface area contributed by atoms with Crippen molar-refractivity contribution >= 4 is 29.2 Å². The topological polar surface area (TPSA) is 52.6 Å². The fourth-order valence-electron chi connectivity index (χ4n) is 2.64. The zero-order valence-electron chi connectivity index (χ0n) is 11.3. The standard InChI is InChI=1S/C17H9ClO4/c18-13-6-9(7-14-17(13)22-8-21-14)5-12-15(19)10-3-1-2-4-11(10)16(12)20/h1-7H,8H2. The minimum Gasteiger partial charge on any atom is -0.454 e. The Bertz CT molecular complexity index is 830. The third kappa shape index (κ3) is 1.84. The molecule has 5 heteroatoms. The average Bonchev–Trinajstić information content (AvgIpc) is 3.08. The normalized spacial score (nSPS) is 15.2. The van der Waals surface area contributed by atoms with Crippen LogP contribution < -0.4 is 9.47 Å². The van der Waals surface area contributed by atoms with Gasteiger partial charge >= 0.3 is 0 Å². The number of ether oxygens (including phenoxy) is 2. The molecule has 1 aliphatic heterocycles. The van der Waals surface area contributed by atoms with Gasteiger partial charge in [0.15, 0.2) is 23.1 Å². The molecule has 0 saturated heterocycles. The molecule has 4 rings (SSSR count). The fourth-order valence-corrected chi connectivity index (χ4v) is 2.91. The van der Waals surface area contributed by atoms with E-state index in [9.17, 15) is 9.59 Å². The van der Waals surface area contributed by atoms with E-state index in [1.165, 1.54) is 0 Å². The first-order valence-electron chi connectivity index (χ1n) is 6.64. The van der Waals surface area contributed by atoms with Crippen molar-refractivity contribution in [2.45, 2.75) is 0 Å². The molecule has 0 N–H and O–H groups in total. The minimum absolute atomic E-state index is 0.110. The van der Waals surface area contributed by atoms with Gasteiger partial charge in [0.1, 0.15) is 0 Å². The number of Topliss-reactive ketones (excluding diaryl/α,β-unsaturated/α-hetero) is 2. The fraction of sp³-hybridized carbons (Fsp3) is 0.0588. The van der Waals surface area contributed by atoms with Crippen LogP contribution in [0.15, 0.2) is 42.0 Å². The minimum atomic E-state index is -0.269. The number of hydrogen-bond donors (Lipinski definition) is 0. The van der Waals surface area contributed by atoms with Crippen molar-refractivity contribution in [3.05, 3.63) is 63.7 Å². The zero-order valence-corrected chi connectivity index (χ0v) is 12.0. The van der Waals surface area contributed by atoms with Crippen molar-refractivity contribution in [2.24, 2.45) is 0 Å². The van der Waals surface area contributed by atoms with Crippen LogP contribution in [0.3, 0.4) is 0 Å². The Morgan fingerprint density at radius 1 is 1.00 bits per heavy atom. The first-order chi connectivity index (χ1) is 10.6. The summed E-state index contributed by atoms with van der Waals surface area (Å²) in [7, 11) is 0. The van der Waals surface area contributed by atoms with Gasteiger partial charge in [-0.3, -0.25) is 9.59 Å². The molecule has 4 nitrogen and oxygen atoms in total. The van der Waals surface area contributed by atoms with Gasteiger partial charge in [-0.2, -0.15) is 0 Å². The number of fused-ring (bicyclic) bond motifs is 2. The highest BCUT2D eigenvalue weighted by molar-refractivity contribution is 6.41. The van der Waals surface area contributed by atoms with E-state index in [4.69, 9.17) is 21.1 Å². The maximum atomic E-state index is 12.4. The molecule has 0 fully saturated rings. The average molecular weight is 313 g/mol. The molecule has 0 spiro atoms. The van der Waals surface area contributed by atoms with Gasteiger partial charge in [0, 0.05) is 11.1 Å². The number of benzene rings is 2. The molecule has 0 radical (unpaired) electrons. The predicted molar refractivity (Wildman–Crippen MR) is 80.7 cm³/mol. The Labute approximate surface area is 130 Å². The molecule has 0 unspecified atom stereocenters. The highest BCUT2D eigenvalue weighted by atomic mass is 35.5. The zero-order chi connectivity index (χ0) is 15.3. The molecular weight excluding hydrogens is 304 g/mol. The van der Waals surface area contributed by atoms with Crippen molar-refractivity contribution < 1.29 is 19.1 Å². The number of ketones is 2. The van der Waals surface area contributed by atoms with Crippen LogP contribution in [-0.2, 0) is 0 Å². The molecule has 22 heavy (non-hydrogen) atoms. The van der Waals surface area contributed by atoms with Crippen molar-refractivity contribution in [2.75, 3.05) is 6.79 Å². The van der Waals surface area contributed by atoms with E-state index in [-0.39, 0.29) is 23.9 Å². The molecule has 108 valence electrons. The molecule has 1 heterocycles. The van der Waals surface area contributed by atoms with E-state index < -0.39 is 0 Å². The maximum absolute atomic E-state index is 12.4. The number of halogens is 1. The highest BCUT2D eigenvalue weighted by Gasteiger charge is 2.32. The number of rotatable bonds is 1. The first-order valence-corrected chi connectivity index (χ1v) is 7.02. The van der Waals surface area contributed by atoms with E-state index in [0.717, 1.165) is 0 Å². The Kier molecular flexibility index (Phi) is 2.81.